The number of hydrogen-bond acceptors (Lipinski definition) is 3. The number of nitrogen functional groups attached to an aromatic ring is 1. The Morgan fingerprint density at radius 3 is 2.57 bits per heavy atom. The van der Waals surface area contributed by atoms with E-state index >= 15 is 0 Å². The predicted octanol–water partition coefficient (Wildman–Crippen LogP) is 3.05. The molecule has 3 aromatic rings. The topological polar surface area (TPSA) is 67.6 Å². The van der Waals surface area contributed by atoms with Crippen LogP contribution in [0.1, 0.15) is 11.1 Å². The number of hydrogen-bond donors (Lipinski definition) is 1. The minimum absolute atomic E-state index is 0.664. The van der Waals surface area contributed by atoms with E-state index in [-0.39, 0.29) is 0 Å². The van der Waals surface area contributed by atoms with Crippen LogP contribution in [0.25, 0.3) is 11.1 Å². The normalized spacial score (nSPS) is 10.2. The van der Waals surface area contributed by atoms with E-state index in [1.165, 1.54) is 0 Å². The smallest absolute Gasteiger partial charge is 0.0991 e. The first-order valence-corrected chi connectivity index (χ1v) is 6.62. The average molecular weight is 274 g/mol. The number of benzene rings is 2. The van der Waals surface area contributed by atoms with Gasteiger partial charge in [0.25, 0.3) is 0 Å². The summed E-state index contributed by atoms with van der Waals surface area (Å²) in [5.74, 6) is 0. The lowest BCUT2D eigenvalue weighted by molar-refractivity contribution is 0.687. The molecule has 0 atom stereocenters. The molecule has 0 unspecified atom stereocenters. The predicted molar refractivity (Wildman–Crippen MR) is 82.3 cm³/mol. The summed E-state index contributed by atoms with van der Waals surface area (Å²) < 4.78 is 1.86. The summed E-state index contributed by atoms with van der Waals surface area (Å²) in [6, 6.07) is 17.4. The molecule has 21 heavy (non-hydrogen) atoms. The number of nitrogens with two attached hydrogens (primary N) is 1. The third kappa shape index (κ3) is 2.77. The van der Waals surface area contributed by atoms with Gasteiger partial charge in [0.1, 0.15) is 0 Å². The Morgan fingerprint density at radius 1 is 1.10 bits per heavy atom. The molecular weight excluding hydrogens is 260 g/mol. The molecule has 0 fully saturated rings. The molecule has 2 aromatic carbocycles. The molecule has 0 aliphatic rings. The Kier molecular flexibility index (Phi) is 3.40. The maximum absolute atomic E-state index is 8.79. The second-order valence-electron chi connectivity index (χ2n) is 4.82. The molecule has 1 aromatic heterocycles. The van der Waals surface area contributed by atoms with E-state index in [1.54, 1.807) is 0 Å². The van der Waals surface area contributed by atoms with Gasteiger partial charge in [0.05, 0.1) is 24.4 Å². The standard InChI is InChI=1S/C17H14N4/c18-9-13-5-7-14(8-6-13)11-21-12-15(10-20-21)16-3-1-2-4-17(16)19/h1-8,10,12H,11,19H2. The van der Waals surface area contributed by atoms with Crippen LogP contribution in [-0.4, -0.2) is 9.78 Å². The monoisotopic (exact) mass is 274 g/mol. The summed E-state index contributed by atoms with van der Waals surface area (Å²) in [5.41, 5.74) is 10.5. The molecule has 0 bridgehead atoms. The highest BCUT2D eigenvalue weighted by molar-refractivity contribution is 5.75. The van der Waals surface area contributed by atoms with Crippen molar-refractivity contribution in [1.29, 1.82) is 5.26 Å². The molecule has 0 spiro atoms. The molecule has 0 saturated heterocycles. The molecule has 0 saturated carbocycles. The maximum Gasteiger partial charge on any atom is 0.0991 e. The Labute approximate surface area is 123 Å². The summed E-state index contributed by atoms with van der Waals surface area (Å²) in [4.78, 5) is 0. The lowest BCUT2D eigenvalue weighted by Gasteiger charge is -2.03. The molecule has 0 aliphatic carbocycles. The van der Waals surface area contributed by atoms with Crippen LogP contribution in [0.3, 0.4) is 0 Å². The molecular formula is C17H14N4. The van der Waals surface area contributed by atoms with Crippen molar-refractivity contribution >= 4 is 5.69 Å². The van der Waals surface area contributed by atoms with Gasteiger partial charge in [0, 0.05) is 23.0 Å². The number of anilines is 1. The Hall–Kier alpha value is -3.06. The third-order valence-electron chi connectivity index (χ3n) is 3.33. The zero-order valence-corrected chi connectivity index (χ0v) is 11.4. The lowest BCUT2D eigenvalue weighted by Crippen LogP contribution is -1.99. The molecule has 1 heterocycles. The molecule has 102 valence electrons. The first-order valence-electron chi connectivity index (χ1n) is 6.62. The van der Waals surface area contributed by atoms with Crippen molar-refractivity contribution in [2.45, 2.75) is 6.54 Å². The summed E-state index contributed by atoms with van der Waals surface area (Å²) in [6.45, 7) is 0.665. The lowest BCUT2D eigenvalue weighted by atomic mass is 10.1. The van der Waals surface area contributed by atoms with Crippen LogP contribution in [-0.2, 0) is 6.54 Å². The van der Waals surface area contributed by atoms with Crippen molar-refractivity contribution in [1.82, 2.24) is 9.78 Å². The van der Waals surface area contributed by atoms with Crippen LogP contribution < -0.4 is 5.73 Å². The first kappa shape index (κ1) is 12.9. The second kappa shape index (κ2) is 5.51. The average Bonchev–Trinajstić information content (AvgIpc) is 2.97. The van der Waals surface area contributed by atoms with E-state index in [4.69, 9.17) is 11.0 Å². The Morgan fingerprint density at radius 2 is 1.86 bits per heavy atom. The number of para-hydroxylation sites is 1. The summed E-state index contributed by atoms with van der Waals surface area (Å²) >= 11 is 0. The van der Waals surface area contributed by atoms with Crippen LogP contribution in [0.5, 0.6) is 0 Å². The largest absolute Gasteiger partial charge is 0.398 e. The van der Waals surface area contributed by atoms with Gasteiger partial charge in [-0.05, 0) is 23.8 Å². The number of nitriles is 1. The minimum atomic E-state index is 0.664. The van der Waals surface area contributed by atoms with Crippen molar-refractivity contribution in [2.75, 3.05) is 5.73 Å². The van der Waals surface area contributed by atoms with E-state index in [1.807, 2.05) is 65.6 Å². The van der Waals surface area contributed by atoms with Crippen LogP contribution in [0.4, 0.5) is 5.69 Å². The van der Waals surface area contributed by atoms with Crippen LogP contribution in [0, 0.1) is 11.3 Å². The van der Waals surface area contributed by atoms with Crippen LogP contribution >= 0.6 is 0 Å². The molecule has 4 heteroatoms. The van der Waals surface area contributed by atoms with Crippen molar-refractivity contribution in [3.8, 4) is 17.2 Å². The number of nitrogens with zero attached hydrogens (tertiary/aromatic N) is 3. The van der Waals surface area contributed by atoms with Gasteiger partial charge in [-0.25, -0.2) is 0 Å². The highest BCUT2D eigenvalue weighted by Gasteiger charge is 2.05. The highest BCUT2D eigenvalue weighted by Crippen LogP contribution is 2.24. The SMILES string of the molecule is N#Cc1ccc(Cn2cc(-c3ccccc3N)cn2)cc1. The van der Waals surface area contributed by atoms with Crippen LogP contribution in [0.2, 0.25) is 0 Å². The van der Waals surface area contributed by atoms with Crippen molar-refractivity contribution in [2.24, 2.45) is 0 Å². The fraction of sp³-hybridized carbons (Fsp3) is 0.0588. The van der Waals surface area contributed by atoms with E-state index in [2.05, 4.69) is 11.2 Å². The van der Waals surface area contributed by atoms with E-state index in [0.717, 1.165) is 22.4 Å². The summed E-state index contributed by atoms with van der Waals surface area (Å²) in [6.07, 6.45) is 3.79. The first-order chi connectivity index (χ1) is 10.3. The van der Waals surface area contributed by atoms with Gasteiger partial charge in [-0.15, -0.1) is 0 Å². The van der Waals surface area contributed by atoms with Crippen molar-refractivity contribution in [3.05, 3.63) is 72.1 Å². The molecule has 0 aliphatic heterocycles. The van der Waals surface area contributed by atoms with Crippen LogP contribution in [0.15, 0.2) is 60.9 Å². The van der Waals surface area contributed by atoms with E-state index < -0.39 is 0 Å². The molecule has 0 amide bonds. The fourth-order valence-corrected chi connectivity index (χ4v) is 2.22. The van der Waals surface area contributed by atoms with Gasteiger partial charge >= 0.3 is 0 Å². The summed E-state index contributed by atoms with van der Waals surface area (Å²) in [5, 5.41) is 13.2. The minimum Gasteiger partial charge on any atom is -0.398 e. The van der Waals surface area contributed by atoms with Gasteiger partial charge in [-0.3, -0.25) is 4.68 Å². The van der Waals surface area contributed by atoms with Gasteiger partial charge < -0.3 is 5.73 Å². The summed E-state index contributed by atoms with van der Waals surface area (Å²) in [7, 11) is 0. The number of aromatic nitrogens is 2. The molecule has 3 rings (SSSR count). The third-order valence-corrected chi connectivity index (χ3v) is 3.33. The van der Waals surface area contributed by atoms with Gasteiger partial charge in [-0.2, -0.15) is 10.4 Å². The van der Waals surface area contributed by atoms with E-state index in [0.29, 0.717) is 12.1 Å². The maximum atomic E-state index is 8.79. The Balaban J connectivity index is 1.82. The zero-order valence-electron chi connectivity index (χ0n) is 11.4. The number of rotatable bonds is 3. The van der Waals surface area contributed by atoms with Gasteiger partial charge in [0.2, 0.25) is 0 Å². The Bertz CT molecular complexity index is 794. The van der Waals surface area contributed by atoms with Crippen molar-refractivity contribution < 1.29 is 0 Å². The molecule has 2 N–H and O–H groups in total. The highest BCUT2D eigenvalue weighted by atomic mass is 15.3. The fourth-order valence-electron chi connectivity index (χ4n) is 2.22. The molecule has 4 nitrogen and oxygen atoms in total. The van der Waals surface area contributed by atoms with Gasteiger partial charge in [0.15, 0.2) is 0 Å². The molecule has 0 radical (unpaired) electrons. The van der Waals surface area contributed by atoms with E-state index in [9.17, 15) is 0 Å². The van der Waals surface area contributed by atoms with Gasteiger partial charge in [-0.1, -0.05) is 30.3 Å². The second-order valence-corrected chi connectivity index (χ2v) is 4.82. The quantitative estimate of drug-likeness (QED) is 0.746. The van der Waals surface area contributed by atoms with Crippen molar-refractivity contribution in [3.63, 3.8) is 0 Å². The zero-order chi connectivity index (χ0) is 14.7.